The average Bonchev–Trinajstić information content (AvgIpc) is 2.88. The first-order chi connectivity index (χ1) is 7.27. The van der Waals surface area contributed by atoms with Gasteiger partial charge in [-0.05, 0) is 45.5 Å². The Labute approximate surface area is 91.9 Å². The SMILES string of the molecule is C[C@H](c1ccc[nH]1)N(C)C[C@H]1CCCN1. The summed E-state index contributed by atoms with van der Waals surface area (Å²) in [6, 6.07) is 5.38. The second-order valence-electron chi connectivity index (χ2n) is 4.53. The lowest BCUT2D eigenvalue weighted by Gasteiger charge is -2.26. The van der Waals surface area contributed by atoms with E-state index in [1.807, 2.05) is 6.20 Å². The summed E-state index contributed by atoms with van der Waals surface area (Å²) >= 11 is 0. The highest BCUT2D eigenvalue weighted by Crippen LogP contribution is 2.18. The van der Waals surface area contributed by atoms with Gasteiger partial charge in [0.1, 0.15) is 0 Å². The number of hydrogen-bond donors (Lipinski definition) is 2. The van der Waals surface area contributed by atoms with E-state index in [9.17, 15) is 0 Å². The second-order valence-corrected chi connectivity index (χ2v) is 4.53. The molecule has 2 heterocycles. The lowest BCUT2D eigenvalue weighted by molar-refractivity contribution is 0.235. The molecule has 2 atom stereocenters. The quantitative estimate of drug-likeness (QED) is 0.788. The summed E-state index contributed by atoms with van der Waals surface area (Å²) in [4.78, 5) is 5.69. The van der Waals surface area contributed by atoms with Gasteiger partial charge in [0.15, 0.2) is 0 Å². The van der Waals surface area contributed by atoms with Crippen LogP contribution < -0.4 is 5.32 Å². The van der Waals surface area contributed by atoms with E-state index in [0.29, 0.717) is 12.1 Å². The minimum atomic E-state index is 0.474. The van der Waals surface area contributed by atoms with Crippen LogP contribution in [-0.2, 0) is 0 Å². The van der Waals surface area contributed by atoms with Crippen molar-refractivity contribution in [2.24, 2.45) is 0 Å². The summed E-state index contributed by atoms with van der Waals surface area (Å²) in [6.07, 6.45) is 4.64. The Balaban J connectivity index is 1.87. The van der Waals surface area contributed by atoms with Gasteiger partial charge in [-0.15, -0.1) is 0 Å². The van der Waals surface area contributed by atoms with Crippen LogP contribution in [0.25, 0.3) is 0 Å². The highest BCUT2D eigenvalue weighted by atomic mass is 15.2. The van der Waals surface area contributed by atoms with Gasteiger partial charge in [-0.2, -0.15) is 0 Å². The monoisotopic (exact) mass is 207 g/mol. The number of aromatic amines is 1. The van der Waals surface area contributed by atoms with Gasteiger partial charge in [0.2, 0.25) is 0 Å². The van der Waals surface area contributed by atoms with Gasteiger partial charge < -0.3 is 10.3 Å². The lowest BCUT2D eigenvalue weighted by atomic mass is 10.1. The molecule has 0 aromatic carbocycles. The third-order valence-corrected chi connectivity index (χ3v) is 3.40. The largest absolute Gasteiger partial charge is 0.364 e. The molecule has 3 heteroatoms. The number of aromatic nitrogens is 1. The average molecular weight is 207 g/mol. The molecule has 0 bridgehead atoms. The molecule has 0 aliphatic carbocycles. The Bertz CT molecular complexity index is 275. The van der Waals surface area contributed by atoms with E-state index in [4.69, 9.17) is 0 Å². The second kappa shape index (κ2) is 4.81. The molecule has 2 N–H and O–H groups in total. The number of hydrogen-bond acceptors (Lipinski definition) is 2. The maximum atomic E-state index is 3.54. The van der Waals surface area contributed by atoms with Crippen molar-refractivity contribution in [3.63, 3.8) is 0 Å². The first-order valence-electron chi connectivity index (χ1n) is 5.84. The van der Waals surface area contributed by atoms with Gasteiger partial charge >= 0.3 is 0 Å². The Morgan fingerprint density at radius 1 is 1.60 bits per heavy atom. The summed E-state index contributed by atoms with van der Waals surface area (Å²) in [5.74, 6) is 0. The van der Waals surface area contributed by atoms with Gasteiger partial charge in [-0.1, -0.05) is 0 Å². The molecule has 1 aromatic heterocycles. The van der Waals surface area contributed by atoms with Crippen molar-refractivity contribution in [2.75, 3.05) is 20.1 Å². The lowest BCUT2D eigenvalue weighted by Crippen LogP contribution is -2.36. The number of rotatable bonds is 4. The minimum absolute atomic E-state index is 0.474. The van der Waals surface area contributed by atoms with Crippen LogP contribution in [0.2, 0.25) is 0 Å². The molecule has 1 aliphatic heterocycles. The van der Waals surface area contributed by atoms with Gasteiger partial charge in [0, 0.05) is 30.5 Å². The van der Waals surface area contributed by atoms with Crippen LogP contribution in [-0.4, -0.2) is 36.1 Å². The van der Waals surface area contributed by atoms with Gasteiger partial charge in [-0.25, -0.2) is 0 Å². The molecule has 1 aromatic rings. The first kappa shape index (κ1) is 10.7. The first-order valence-corrected chi connectivity index (χ1v) is 5.84. The Kier molecular flexibility index (Phi) is 3.44. The Morgan fingerprint density at radius 3 is 3.07 bits per heavy atom. The molecule has 0 unspecified atom stereocenters. The summed E-state index contributed by atoms with van der Waals surface area (Å²) in [5, 5.41) is 3.54. The van der Waals surface area contributed by atoms with Crippen LogP contribution in [0.5, 0.6) is 0 Å². The molecular weight excluding hydrogens is 186 g/mol. The maximum Gasteiger partial charge on any atom is 0.0467 e. The fourth-order valence-corrected chi connectivity index (χ4v) is 2.26. The molecule has 0 amide bonds. The van der Waals surface area contributed by atoms with E-state index in [-0.39, 0.29) is 0 Å². The van der Waals surface area contributed by atoms with Crippen molar-refractivity contribution in [3.8, 4) is 0 Å². The van der Waals surface area contributed by atoms with E-state index in [1.54, 1.807) is 0 Å². The molecule has 1 fully saturated rings. The molecule has 0 spiro atoms. The number of H-pyrrole nitrogens is 1. The third-order valence-electron chi connectivity index (χ3n) is 3.40. The molecule has 2 rings (SSSR count). The predicted octanol–water partition coefficient (Wildman–Crippen LogP) is 1.76. The van der Waals surface area contributed by atoms with E-state index < -0.39 is 0 Å². The van der Waals surface area contributed by atoms with E-state index >= 15 is 0 Å². The van der Waals surface area contributed by atoms with Crippen molar-refractivity contribution in [1.82, 2.24) is 15.2 Å². The molecule has 0 saturated carbocycles. The Hall–Kier alpha value is -0.800. The molecular formula is C12H21N3. The molecule has 1 aliphatic rings. The highest BCUT2D eigenvalue weighted by Gasteiger charge is 2.19. The molecule has 15 heavy (non-hydrogen) atoms. The van der Waals surface area contributed by atoms with Crippen LogP contribution in [0.1, 0.15) is 31.5 Å². The fourth-order valence-electron chi connectivity index (χ4n) is 2.26. The van der Waals surface area contributed by atoms with Crippen LogP contribution in [0, 0.1) is 0 Å². The third kappa shape index (κ3) is 2.61. The maximum absolute atomic E-state index is 3.54. The van der Waals surface area contributed by atoms with Crippen molar-refractivity contribution in [3.05, 3.63) is 24.0 Å². The van der Waals surface area contributed by atoms with E-state index in [0.717, 1.165) is 6.54 Å². The molecule has 0 radical (unpaired) electrons. The van der Waals surface area contributed by atoms with Crippen LogP contribution in [0.3, 0.4) is 0 Å². The fraction of sp³-hybridized carbons (Fsp3) is 0.667. The molecule has 1 saturated heterocycles. The summed E-state index contributed by atoms with van der Waals surface area (Å²) in [5.41, 5.74) is 1.30. The van der Waals surface area contributed by atoms with E-state index in [1.165, 1.54) is 25.1 Å². The van der Waals surface area contributed by atoms with Crippen molar-refractivity contribution in [2.45, 2.75) is 31.8 Å². The van der Waals surface area contributed by atoms with Crippen LogP contribution >= 0.6 is 0 Å². The standard InChI is InChI=1S/C12H21N3/c1-10(12-6-4-8-14-12)15(2)9-11-5-3-7-13-11/h4,6,8,10-11,13-14H,3,5,7,9H2,1-2H3/t10-,11-/m1/s1. The zero-order chi connectivity index (χ0) is 10.7. The minimum Gasteiger partial charge on any atom is -0.364 e. The van der Waals surface area contributed by atoms with Gasteiger partial charge in [0.05, 0.1) is 0 Å². The number of nitrogens with zero attached hydrogens (tertiary/aromatic N) is 1. The van der Waals surface area contributed by atoms with Crippen LogP contribution in [0.15, 0.2) is 18.3 Å². The summed E-state index contributed by atoms with van der Waals surface area (Å²) in [7, 11) is 2.20. The highest BCUT2D eigenvalue weighted by molar-refractivity contribution is 5.08. The van der Waals surface area contributed by atoms with Crippen LogP contribution in [0.4, 0.5) is 0 Å². The summed E-state index contributed by atoms with van der Waals surface area (Å²) < 4.78 is 0. The zero-order valence-corrected chi connectivity index (χ0v) is 9.66. The Morgan fingerprint density at radius 2 is 2.47 bits per heavy atom. The normalized spacial score (nSPS) is 23.5. The summed E-state index contributed by atoms with van der Waals surface area (Å²) in [6.45, 7) is 4.58. The molecule has 3 nitrogen and oxygen atoms in total. The predicted molar refractivity (Wildman–Crippen MR) is 62.9 cm³/mol. The van der Waals surface area contributed by atoms with E-state index in [2.05, 4.69) is 41.3 Å². The number of likely N-dealkylation sites (N-methyl/N-ethyl adjacent to an activating group) is 1. The topological polar surface area (TPSA) is 31.1 Å². The van der Waals surface area contributed by atoms with Crippen molar-refractivity contribution >= 4 is 0 Å². The van der Waals surface area contributed by atoms with Gasteiger partial charge in [0.25, 0.3) is 0 Å². The smallest absolute Gasteiger partial charge is 0.0467 e. The van der Waals surface area contributed by atoms with Crippen molar-refractivity contribution < 1.29 is 0 Å². The molecule has 84 valence electrons. The van der Waals surface area contributed by atoms with Gasteiger partial charge in [-0.3, -0.25) is 4.90 Å². The number of nitrogens with one attached hydrogen (secondary N) is 2. The van der Waals surface area contributed by atoms with Crippen molar-refractivity contribution in [1.29, 1.82) is 0 Å². The zero-order valence-electron chi connectivity index (χ0n) is 9.66.